The first-order valence-corrected chi connectivity index (χ1v) is 9.72. The van der Waals surface area contributed by atoms with Gasteiger partial charge in [0.05, 0.1) is 0 Å². The van der Waals surface area contributed by atoms with Gasteiger partial charge in [-0.2, -0.15) is 4.98 Å². The molecule has 4 rings (SSSR count). The molecule has 0 N–H and O–H groups in total. The lowest BCUT2D eigenvalue weighted by Crippen LogP contribution is -2.67. The van der Waals surface area contributed by atoms with Crippen LogP contribution in [0.3, 0.4) is 0 Å². The van der Waals surface area contributed by atoms with Crippen molar-refractivity contribution in [2.24, 2.45) is 0 Å². The lowest BCUT2D eigenvalue weighted by molar-refractivity contribution is 0.423. The van der Waals surface area contributed by atoms with E-state index >= 15 is 0 Å². The molecule has 0 atom stereocenters. The van der Waals surface area contributed by atoms with Crippen LogP contribution in [0.5, 0.6) is 0 Å². The average molecular weight is 307 g/mol. The Kier molecular flexibility index (Phi) is 3.27. The van der Waals surface area contributed by atoms with Crippen LogP contribution in [-0.2, 0) is 0 Å². The summed E-state index contributed by atoms with van der Waals surface area (Å²) in [4.78, 5) is 4.33. The second kappa shape index (κ2) is 5.42. The highest BCUT2D eigenvalue weighted by atomic mass is 28.3. The maximum Gasteiger partial charge on any atom is 0.316 e. The molecule has 1 aliphatic rings. The molecule has 22 heavy (non-hydrogen) atoms. The molecular formula is C17H17N3OSi. The van der Waals surface area contributed by atoms with Crippen LogP contribution in [0, 0.1) is 0 Å². The van der Waals surface area contributed by atoms with E-state index in [2.05, 4.69) is 75.4 Å². The van der Waals surface area contributed by atoms with Gasteiger partial charge in [0.1, 0.15) is 0 Å². The van der Waals surface area contributed by atoms with Gasteiger partial charge in [-0.25, -0.2) is 0 Å². The molecule has 1 fully saturated rings. The Hall–Kier alpha value is -2.40. The largest absolute Gasteiger partial charge is 0.343 e. The third kappa shape index (κ3) is 1.97. The maximum absolute atomic E-state index is 5.42. The van der Waals surface area contributed by atoms with Gasteiger partial charge in [0, 0.05) is 6.54 Å². The molecule has 0 saturated carbocycles. The second-order valence-corrected chi connectivity index (χ2v) is 9.49. The highest BCUT2D eigenvalue weighted by Gasteiger charge is 2.49. The lowest BCUT2D eigenvalue weighted by Gasteiger charge is -2.36. The van der Waals surface area contributed by atoms with Crippen molar-refractivity contribution in [3.63, 3.8) is 0 Å². The Morgan fingerprint density at radius 3 is 2.09 bits per heavy atom. The standard InChI is InChI=1S/C17H17N3OSi/c1-3-8-15(9-4-1)22(16-10-5-2-6-11-16)13-7-12-20(22)17-18-14-19-21-17/h1-6,8-11,14H,7,12-13H2. The molecule has 0 aliphatic carbocycles. The van der Waals surface area contributed by atoms with Gasteiger partial charge >= 0.3 is 6.01 Å². The third-order valence-corrected chi connectivity index (χ3v) is 9.45. The average Bonchev–Trinajstić information content (AvgIpc) is 3.26. The first kappa shape index (κ1) is 13.3. The highest BCUT2D eigenvalue weighted by molar-refractivity contribution is 7.05. The number of rotatable bonds is 3. The molecule has 0 radical (unpaired) electrons. The number of hydrogen-bond donors (Lipinski definition) is 0. The minimum absolute atomic E-state index is 0.650. The predicted octanol–water partition coefficient (Wildman–Crippen LogP) is 2.04. The summed E-state index contributed by atoms with van der Waals surface area (Å²) in [5.74, 6) is 0. The van der Waals surface area contributed by atoms with Crippen LogP contribution >= 0.6 is 0 Å². The molecule has 0 amide bonds. The van der Waals surface area contributed by atoms with Crippen LogP contribution in [0.4, 0.5) is 6.01 Å². The number of benzene rings is 2. The molecule has 2 heterocycles. The van der Waals surface area contributed by atoms with E-state index in [1.807, 2.05) is 0 Å². The van der Waals surface area contributed by atoms with E-state index in [9.17, 15) is 0 Å². The van der Waals surface area contributed by atoms with Gasteiger partial charge in [-0.1, -0.05) is 65.8 Å². The molecular weight excluding hydrogens is 290 g/mol. The molecule has 4 nitrogen and oxygen atoms in total. The van der Waals surface area contributed by atoms with Gasteiger partial charge in [-0.3, -0.25) is 0 Å². The quantitative estimate of drug-likeness (QED) is 0.695. The summed E-state index contributed by atoms with van der Waals surface area (Å²) in [5.41, 5.74) is 0. The first-order valence-electron chi connectivity index (χ1n) is 7.57. The summed E-state index contributed by atoms with van der Waals surface area (Å²) in [5, 5.41) is 6.61. The summed E-state index contributed by atoms with van der Waals surface area (Å²) < 4.78 is 7.79. The van der Waals surface area contributed by atoms with Gasteiger partial charge < -0.3 is 9.09 Å². The monoisotopic (exact) mass is 307 g/mol. The normalized spacial score (nSPS) is 16.8. The zero-order valence-corrected chi connectivity index (χ0v) is 13.2. The highest BCUT2D eigenvalue weighted by Crippen LogP contribution is 2.30. The smallest absolute Gasteiger partial charge is 0.316 e. The van der Waals surface area contributed by atoms with E-state index in [0.29, 0.717) is 6.01 Å². The summed E-state index contributed by atoms with van der Waals surface area (Å²) >= 11 is 0. The van der Waals surface area contributed by atoms with Crippen molar-refractivity contribution in [3.05, 3.63) is 67.0 Å². The van der Waals surface area contributed by atoms with E-state index in [4.69, 9.17) is 4.52 Å². The lowest BCUT2D eigenvalue weighted by atomic mass is 10.4. The van der Waals surface area contributed by atoms with Crippen LogP contribution in [-0.4, -0.2) is 24.9 Å². The minimum Gasteiger partial charge on any atom is -0.343 e. The Labute approximate surface area is 130 Å². The number of aromatic nitrogens is 2. The Bertz CT molecular complexity index is 692. The van der Waals surface area contributed by atoms with E-state index < -0.39 is 8.24 Å². The molecule has 5 heteroatoms. The second-order valence-electron chi connectivity index (χ2n) is 5.57. The summed E-state index contributed by atoms with van der Waals surface area (Å²) in [6.45, 7) is 0.970. The van der Waals surface area contributed by atoms with Crippen molar-refractivity contribution in [3.8, 4) is 0 Å². The number of hydrogen-bond acceptors (Lipinski definition) is 4. The Morgan fingerprint density at radius 2 is 1.55 bits per heavy atom. The fourth-order valence-corrected chi connectivity index (χ4v) is 8.49. The molecule has 1 aromatic heterocycles. The molecule has 0 spiro atoms. The first-order chi connectivity index (χ1) is 10.9. The summed E-state index contributed by atoms with van der Waals surface area (Å²) in [6, 6.07) is 23.4. The molecule has 1 aliphatic heterocycles. The number of nitrogens with zero attached hydrogens (tertiary/aromatic N) is 3. The number of anilines is 1. The maximum atomic E-state index is 5.42. The van der Waals surface area contributed by atoms with Crippen LogP contribution in [0.1, 0.15) is 6.42 Å². The van der Waals surface area contributed by atoms with Crippen molar-refractivity contribution in [1.29, 1.82) is 0 Å². The van der Waals surface area contributed by atoms with Gasteiger partial charge in [0.2, 0.25) is 8.24 Å². The summed E-state index contributed by atoms with van der Waals surface area (Å²) in [7, 11) is -2.08. The Morgan fingerprint density at radius 1 is 0.909 bits per heavy atom. The van der Waals surface area contributed by atoms with E-state index in [1.165, 1.54) is 22.7 Å². The van der Waals surface area contributed by atoms with Crippen LogP contribution in [0.15, 0.2) is 71.5 Å². The molecule has 0 bridgehead atoms. The van der Waals surface area contributed by atoms with Crippen molar-refractivity contribution < 1.29 is 4.52 Å². The fourth-order valence-electron chi connectivity index (χ4n) is 3.56. The molecule has 1 saturated heterocycles. The van der Waals surface area contributed by atoms with E-state index in [0.717, 1.165) is 13.0 Å². The van der Waals surface area contributed by atoms with Crippen LogP contribution in [0.25, 0.3) is 0 Å². The van der Waals surface area contributed by atoms with E-state index in [1.54, 1.807) is 0 Å². The molecule has 110 valence electrons. The third-order valence-electron chi connectivity index (χ3n) is 4.46. The zero-order chi connectivity index (χ0) is 14.8. The molecule has 2 aromatic carbocycles. The minimum atomic E-state index is -2.08. The molecule has 3 aromatic rings. The van der Waals surface area contributed by atoms with Crippen molar-refractivity contribution in [1.82, 2.24) is 10.1 Å². The predicted molar refractivity (Wildman–Crippen MR) is 89.0 cm³/mol. The van der Waals surface area contributed by atoms with Gasteiger partial charge in [0.15, 0.2) is 6.33 Å². The molecule has 0 unspecified atom stereocenters. The zero-order valence-electron chi connectivity index (χ0n) is 12.2. The van der Waals surface area contributed by atoms with Crippen molar-refractivity contribution in [2.45, 2.75) is 12.5 Å². The SMILES string of the molecule is c1ccc([Si]2(c3ccccc3)CCCN2c2ncno2)cc1. The fraction of sp³-hybridized carbons (Fsp3) is 0.176. The van der Waals surface area contributed by atoms with E-state index in [-0.39, 0.29) is 0 Å². The topological polar surface area (TPSA) is 42.2 Å². The summed E-state index contributed by atoms with van der Waals surface area (Å²) in [6.07, 6.45) is 2.64. The van der Waals surface area contributed by atoms with Crippen molar-refractivity contribution in [2.75, 3.05) is 11.1 Å². The van der Waals surface area contributed by atoms with Gasteiger partial charge in [-0.15, -0.1) is 0 Å². The van der Waals surface area contributed by atoms with Gasteiger partial charge in [0.25, 0.3) is 0 Å². The Balaban J connectivity index is 1.93. The van der Waals surface area contributed by atoms with Crippen molar-refractivity contribution >= 4 is 24.6 Å². The van der Waals surface area contributed by atoms with Crippen LogP contribution in [0.2, 0.25) is 6.04 Å². The van der Waals surface area contributed by atoms with Crippen LogP contribution < -0.4 is 14.9 Å². The van der Waals surface area contributed by atoms with Gasteiger partial charge in [-0.05, 0) is 22.8 Å².